The molecular formula is C22H21N5O4S. The van der Waals surface area contributed by atoms with E-state index in [0.29, 0.717) is 45.0 Å². The van der Waals surface area contributed by atoms with Gasteiger partial charge in [-0.3, -0.25) is 9.59 Å². The van der Waals surface area contributed by atoms with Crippen LogP contribution < -0.4 is 10.6 Å². The second-order valence-electron chi connectivity index (χ2n) is 7.21. The fourth-order valence-corrected chi connectivity index (χ4v) is 3.77. The Bertz CT molecular complexity index is 1300. The molecule has 0 saturated heterocycles. The van der Waals surface area contributed by atoms with E-state index in [9.17, 15) is 9.59 Å². The molecule has 2 N–H and O–H groups in total. The smallest absolute Gasteiger partial charge is 0.256 e. The molecule has 10 heteroatoms. The van der Waals surface area contributed by atoms with Gasteiger partial charge in [-0.15, -0.1) is 0 Å². The van der Waals surface area contributed by atoms with Gasteiger partial charge in [-0.1, -0.05) is 35.1 Å². The summed E-state index contributed by atoms with van der Waals surface area (Å²) in [5.74, 6) is 1.36. The Hall–Kier alpha value is -3.66. The van der Waals surface area contributed by atoms with Gasteiger partial charge < -0.3 is 19.6 Å². The van der Waals surface area contributed by atoms with Crippen molar-refractivity contribution in [3.63, 3.8) is 0 Å². The Morgan fingerprint density at radius 3 is 2.50 bits per heavy atom. The summed E-state index contributed by atoms with van der Waals surface area (Å²) in [7, 11) is 0. The summed E-state index contributed by atoms with van der Waals surface area (Å²) in [5.41, 5.74) is 1.69. The number of furan rings is 1. The molecule has 0 aliphatic rings. The minimum absolute atomic E-state index is 0.284. The molecule has 0 bridgehead atoms. The molecular weight excluding hydrogens is 430 g/mol. The maximum Gasteiger partial charge on any atom is 0.256 e. The highest BCUT2D eigenvalue weighted by atomic mass is 32.2. The van der Waals surface area contributed by atoms with Gasteiger partial charge in [0.2, 0.25) is 11.6 Å². The molecule has 0 radical (unpaired) electrons. The highest BCUT2D eigenvalue weighted by Crippen LogP contribution is 2.32. The molecule has 32 heavy (non-hydrogen) atoms. The Morgan fingerprint density at radius 2 is 1.81 bits per heavy atom. The van der Waals surface area contributed by atoms with Crippen LogP contribution >= 0.6 is 11.8 Å². The number of hydrogen-bond acceptors (Lipinski definition) is 8. The summed E-state index contributed by atoms with van der Waals surface area (Å²) in [5, 5.41) is 9.69. The van der Waals surface area contributed by atoms with Gasteiger partial charge in [0.25, 0.3) is 5.91 Å². The van der Waals surface area contributed by atoms with Crippen LogP contribution in [0.1, 0.15) is 34.4 Å². The number of thioether (sulfide) groups is 1. The zero-order valence-electron chi connectivity index (χ0n) is 17.9. The summed E-state index contributed by atoms with van der Waals surface area (Å²) in [6.45, 7) is 7.16. The number of hydrogen-bond donors (Lipinski definition) is 2. The van der Waals surface area contributed by atoms with Crippen molar-refractivity contribution in [1.82, 2.24) is 15.1 Å². The fraction of sp³-hybridized carbons (Fsp3) is 0.227. The third kappa shape index (κ3) is 4.50. The number of carbonyl (C=O) groups is 2. The molecule has 2 amide bonds. The molecule has 4 rings (SSSR count). The lowest BCUT2D eigenvalue weighted by molar-refractivity contribution is -0.115. The second-order valence-corrected chi connectivity index (χ2v) is 8.52. The lowest BCUT2D eigenvalue weighted by Crippen LogP contribution is -2.23. The molecule has 0 saturated carbocycles. The Balaban J connectivity index is 1.60. The first kappa shape index (κ1) is 21.6. The van der Waals surface area contributed by atoms with E-state index < -0.39 is 5.25 Å². The first-order valence-corrected chi connectivity index (χ1v) is 10.7. The van der Waals surface area contributed by atoms with E-state index in [4.69, 9.17) is 8.94 Å². The predicted molar refractivity (Wildman–Crippen MR) is 121 cm³/mol. The van der Waals surface area contributed by atoms with E-state index in [1.807, 2.05) is 19.9 Å². The van der Waals surface area contributed by atoms with E-state index in [2.05, 4.69) is 25.8 Å². The van der Waals surface area contributed by atoms with Crippen LogP contribution in [0.15, 0.2) is 50.5 Å². The van der Waals surface area contributed by atoms with E-state index in [1.54, 1.807) is 44.2 Å². The lowest BCUT2D eigenvalue weighted by atomic mass is 10.2. The standard InChI is InChI=1S/C22H21N5O4S/c1-11-10-16(27-31-11)23-19(28)14(4)32-22-25-18(17-12(2)13(3)30-21(17)26-22)24-20(29)15-8-6-5-7-9-15/h5-10,14H,1-4H3,(H,23,27,28)(H,24,25,26,29). The maximum atomic E-state index is 12.7. The molecule has 3 aromatic heterocycles. The van der Waals surface area contributed by atoms with E-state index in [0.717, 1.165) is 17.3 Å². The van der Waals surface area contributed by atoms with Gasteiger partial charge in [0, 0.05) is 17.2 Å². The maximum absolute atomic E-state index is 12.7. The molecule has 4 aromatic rings. The van der Waals surface area contributed by atoms with Crippen LogP contribution in [0.5, 0.6) is 0 Å². The van der Waals surface area contributed by atoms with Crippen molar-refractivity contribution in [3.8, 4) is 0 Å². The first-order chi connectivity index (χ1) is 15.3. The molecule has 1 atom stereocenters. The van der Waals surface area contributed by atoms with Crippen LogP contribution in [0.3, 0.4) is 0 Å². The van der Waals surface area contributed by atoms with Crippen LogP contribution in [0.2, 0.25) is 0 Å². The van der Waals surface area contributed by atoms with Crippen LogP contribution in [0.25, 0.3) is 11.1 Å². The number of anilines is 2. The summed E-state index contributed by atoms with van der Waals surface area (Å²) in [4.78, 5) is 34.2. The number of fused-ring (bicyclic) bond motifs is 1. The molecule has 1 aromatic carbocycles. The largest absolute Gasteiger partial charge is 0.443 e. The highest BCUT2D eigenvalue weighted by molar-refractivity contribution is 8.00. The number of aryl methyl sites for hydroxylation is 3. The fourth-order valence-electron chi connectivity index (χ4n) is 3.01. The normalized spacial score (nSPS) is 12.0. The van der Waals surface area contributed by atoms with Gasteiger partial charge in [0.15, 0.2) is 11.0 Å². The van der Waals surface area contributed by atoms with Crippen LogP contribution in [0, 0.1) is 20.8 Å². The SMILES string of the molecule is Cc1cc(NC(=O)C(C)Sc2nc(NC(=O)c3ccccc3)c3c(C)c(C)oc3n2)no1. The number of nitrogens with zero attached hydrogens (tertiary/aromatic N) is 3. The van der Waals surface area contributed by atoms with Crippen molar-refractivity contribution in [3.05, 3.63) is 59.0 Å². The third-order valence-electron chi connectivity index (χ3n) is 4.81. The van der Waals surface area contributed by atoms with Crippen LogP contribution in [-0.4, -0.2) is 32.2 Å². The first-order valence-electron chi connectivity index (χ1n) is 9.87. The minimum atomic E-state index is -0.542. The Morgan fingerprint density at radius 1 is 1.06 bits per heavy atom. The summed E-state index contributed by atoms with van der Waals surface area (Å²) < 4.78 is 10.7. The van der Waals surface area contributed by atoms with E-state index >= 15 is 0 Å². The number of rotatable bonds is 6. The topological polar surface area (TPSA) is 123 Å². The van der Waals surface area contributed by atoms with Crippen molar-refractivity contribution >= 4 is 46.3 Å². The van der Waals surface area contributed by atoms with Gasteiger partial charge in [0.1, 0.15) is 17.3 Å². The van der Waals surface area contributed by atoms with Crippen molar-refractivity contribution in [1.29, 1.82) is 0 Å². The number of benzene rings is 1. The summed E-state index contributed by atoms with van der Waals surface area (Å²) >= 11 is 1.14. The van der Waals surface area contributed by atoms with Gasteiger partial charge in [-0.2, -0.15) is 4.98 Å². The monoisotopic (exact) mass is 451 g/mol. The summed E-state index contributed by atoms with van der Waals surface area (Å²) in [6, 6.07) is 10.5. The zero-order chi connectivity index (χ0) is 22.8. The number of nitrogens with one attached hydrogen (secondary N) is 2. The molecule has 0 aliphatic carbocycles. The summed E-state index contributed by atoms with van der Waals surface area (Å²) in [6.07, 6.45) is 0. The van der Waals surface area contributed by atoms with Crippen LogP contribution in [0.4, 0.5) is 11.6 Å². The van der Waals surface area contributed by atoms with Gasteiger partial charge >= 0.3 is 0 Å². The number of amides is 2. The molecule has 0 aliphatic heterocycles. The number of aromatic nitrogens is 3. The minimum Gasteiger partial charge on any atom is -0.443 e. The van der Waals surface area contributed by atoms with Crippen LogP contribution in [-0.2, 0) is 4.79 Å². The van der Waals surface area contributed by atoms with Crippen molar-refractivity contribution in [2.75, 3.05) is 10.6 Å². The molecule has 0 fully saturated rings. The quantitative estimate of drug-likeness (QED) is 0.324. The average molecular weight is 452 g/mol. The Labute approximate surface area is 188 Å². The molecule has 164 valence electrons. The van der Waals surface area contributed by atoms with Crippen molar-refractivity contribution in [2.24, 2.45) is 0 Å². The second kappa shape index (κ2) is 8.83. The predicted octanol–water partition coefficient (Wildman–Crippen LogP) is 4.51. The van der Waals surface area contributed by atoms with E-state index in [-0.39, 0.29) is 11.8 Å². The zero-order valence-corrected chi connectivity index (χ0v) is 18.7. The molecule has 9 nitrogen and oxygen atoms in total. The lowest BCUT2D eigenvalue weighted by Gasteiger charge is -2.11. The average Bonchev–Trinajstić information content (AvgIpc) is 3.30. The molecule has 3 heterocycles. The van der Waals surface area contributed by atoms with Gasteiger partial charge in [-0.25, -0.2) is 4.98 Å². The highest BCUT2D eigenvalue weighted by Gasteiger charge is 2.22. The van der Waals surface area contributed by atoms with Gasteiger partial charge in [-0.05, 0) is 39.8 Å². The van der Waals surface area contributed by atoms with E-state index in [1.165, 1.54) is 0 Å². The molecule has 1 unspecified atom stereocenters. The van der Waals surface area contributed by atoms with Gasteiger partial charge in [0.05, 0.1) is 10.6 Å². The van der Waals surface area contributed by atoms with Crippen molar-refractivity contribution in [2.45, 2.75) is 38.1 Å². The van der Waals surface area contributed by atoms with Crippen molar-refractivity contribution < 1.29 is 18.5 Å². The number of carbonyl (C=O) groups excluding carboxylic acids is 2. The Kier molecular flexibility index (Phi) is 5.95. The third-order valence-corrected chi connectivity index (χ3v) is 5.77. The molecule has 0 spiro atoms.